The van der Waals surface area contributed by atoms with E-state index in [1.807, 2.05) is 24.3 Å². The summed E-state index contributed by atoms with van der Waals surface area (Å²) in [5, 5.41) is 4.37. The van der Waals surface area contributed by atoms with Crippen LogP contribution in [0.15, 0.2) is 84.9 Å². The van der Waals surface area contributed by atoms with E-state index in [2.05, 4.69) is 5.32 Å². The molecule has 5 nitrogen and oxygen atoms in total. The maximum atomic E-state index is 12.9. The average Bonchev–Trinajstić information content (AvgIpc) is 2.85. The highest BCUT2D eigenvalue weighted by Crippen LogP contribution is 2.42. The number of benzene rings is 4. The highest BCUT2D eigenvalue weighted by atomic mass is 35.5. The largest absolute Gasteiger partial charge is 0.419 e. The van der Waals surface area contributed by atoms with Crippen molar-refractivity contribution in [2.45, 2.75) is 6.54 Å². The fraction of sp³-hybridized carbons (Fsp3) is 0.0370. The number of para-hydroxylation sites is 1. The lowest BCUT2D eigenvalue weighted by Crippen LogP contribution is -2.15. The first-order valence-electron chi connectivity index (χ1n) is 10.4. The van der Waals surface area contributed by atoms with Gasteiger partial charge in [0.05, 0.1) is 11.1 Å². The lowest BCUT2D eigenvalue weighted by atomic mass is 9.94. The summed E-state index contributed by atoms with van der Waals surface area (Å²) in [6.45, 7) is 0.531. The molecule has 1 heterocycles. The number of carbonyl (C=O) groups is 2. The maximum absolute atomic E-state index is 12.9. The van der Waals surface area contributed by atoms with Crippen molar-refractivity contribution in [3.63, 3.8) is 0 Å². The Balaban J connectivity index is 1.54. The zero-order chi connectivity index (χ0) is 23.7. The predicted molar refractivity (Wildman–Crippen MR) is 132 cm³/mol. The highest BCUT2D eigenvalue weighted by molar-refractivity contribution is 6.31. The van der Waals surface area contributed by atoms with Gasteiger partial charge in [-0.15, -0.1) is 0 Å². The second-order valence-corrected chi connectivity index (χ2v) is 8.52. The fourth-order valence-corrected chi connectivity index (χ4v) is 3.96. The molecule has 168 valence electrons. The van der Waals surface area contributed by atoms with Crippen LogP contribution in [0.4, 0.5) is 5.69 Å². The summed E-state index contributed by atoms with van der Waals surface area (Å²) in [5.41, 5.74) is 4.36. The highest BCUT2D eigenvalue weighted by Gasteiger charge is 2.23. The minimum Gasteiger partial charge on any atom is -0.419 e. The van der Waals surface area contributed by atoms with E-state index in [4.69, 9.17) is 32.7 Å². The van der Waals surface area contributed by atoms with Crippen molar-refractivity contribution in [3.8, 4) is 22.6 Å². The van der Waals surface area contributed by atoms with Crippen molar-refractivity contribution < 1.29 is 19.1 Å². The zero-order valence-corrected chi connectivity index (χ0v) is 19.2. The van der Waals surface area contributed by atoms with Crippen molar-refractivity contribution in [1.29, 1.82) is 0 Å². The number of fused-ring (bicyclic) bond motifs is 3. The molecule has 4 aromatic carbocycles. The molecule has 5 rings (SSSR count). The summed E-state index contributed by atoms with van der Waals surface area (Å²) in [5.74, 6) is -0.910. The lowest BCUT2D eigenvalue weighted by Gasteiger charge is -2.23. The van der Waals surface area contributed by atoms with Crippen LogP contribution in [0.3, 0.4) is 0 Å². The Bertz CT molecular complexity index is 1400. The first-order valence-corrected chi connectivity index (χ1v) is 11.2. The van der Waals surface area contributed by atoms with E-state index in [0.717, 1.165) is 22.4 Å². The number of nitrogens with one attached hydrogen (secondary N) is 1. The summed E-state index contributed by atoms with van der Waals surface area (Å²) in [4.78, 5) is 25.7. The van der Waals surface area contributed by atoms with Gasteiger partial charge in [0.15, 0.2) is 11.5 Å². The van der Waals surface area contributed by atoms with Gasteiger partial charge < -0.3 is 14.8 Å². The summed E-state index contributed by atoms with van der Waals surface area (Å²) in [7, 11) is 0. The Morgan fingerprint density at radius 1 is 0.676 bits per heavy atom. The third-order valence-corrected chi connectivity index (χ3v) is 5.93. The van der Waals surface area contributed by atoms with Crippen molar-refractivity contribution >= 4 is 40.8 Å². The number of rotatable bonds is 4. The Hall–Kier alpha value is -3.80. The van der Waals surface area contributed by atoms with Crippen LogP contribution in [0.5, 0.6) is 11.5 Å². The molecule has 34 heavy (non-hydrogen) atoms. The number of esters is 2. The molecule has 4 aromatic rings. The molecule has 1 aliphatic rings. The van der Waals surface area contributed by atoms with Crippen LogP contribution in [0, 0.1) is 0 Å². The van der Waals surface area contributed by atoms with Gasteiger partial charge >= 0.3 is 11.9 Å². The van der Waals surface area contributed by atoms with Gasteiger partial charge in [-0.2, -0.15) is 0 Å². The Morgan fingerprint density at radius 3 is 1.79 bits per heavy atom. The first-order chi connectivity index (χ1) is 16.5. The average molecular weight is 490 g/mol. The molecule has 0 atom stereocenters. The Morgan fingerprint density at radius 2 is 1.21 bits per heavy atom. The van der Waals surface area contributed by atoms with Gasteiger partial charge in [0, 0.05) is 27.8 Å². The molecule has 0 radical (unpaired) electrons. The topological polar surface area (TPSA) is 64.6 Å². The smallest absolute Gasteiger partial charge is 0.343 e. The third kappa shape index (κ3) is 4.49. The molecule has 1 aliphatic heterocycles. The molecule has 0 unspecified atom stereocenters. The van der Waals surface area contributed by atoms with E-state index in [-0.39, 0.29) is 11.5 Å². The summed E-state index contributed by atoms with van der Waals surface area (Å²) in [6, 6.07) is 24.0. The zero-order valence-electron chi connectivity index (χ0n) is 17.7. The molecule has 0 spiro atoms. The van der Waals surface area contributed by atoms with Gasteiger partial charge in [-0.05, 0) is 77.9 Å². The number of hydrogen-bond donors (Lipinski definition) is 1. The van der Waals surface area contributed by atoms with Crippen LogP contribution in [0.25, 0.3) is 11.1 Å². The minimum atomic E-state index is -0.595. The van der Waals surface area contributed by atoms with Crippen molar-refractivity contribution in [3.05, 3.63) is 112 Å². The van der Waals surface area contributed by atoms with E-state index in [1.165, 1.54) is 0 Å². The van der Waals surface area contributed by atoms with Crippen LogP contribution in [0.2, 0.25) is 10.0 Å². The molecule has 0 aromatic heterocycles. The van der Waals surface area contributed by atoms with Gasteiger partial charge in [-0.25, -0.2) is 9.59 Å². The SMILES string of the molecule is O=C(Oc1cc2c(cc1OC(=O)c1ccc(Cl)cc1)-c1ccccc1NC2)c1ccc(Cl)cc1. The van der Waals surface area contributed by atoms with E-state index < -0.39 is 11.9 Å². The van der Waals surface area contributed by atoms with Crippen molar-refractivity contribution in [2.24, 2.45) is 0 Å². The fourth-order valence-electron chi connectivity index (χ4n) is 3.71. The maximum Gasteiger partial charge on any atom is 0.343 e. The van der Waals surface area contributed by atoms with E-state index in [0.29, 0.717) is 27.7 Å². The van der Waals surface area contributed by atoms with Crippen LogP contribution in [0.1, 0.15) is 26.3 Å². The molecule has 0 saturated carbocycles. The number of carbonyl (C=O) groups excluding carboxylic acids is 2. The molecule has 0 saturated heterocycles. The van der Waals surface area contributed by atoms with Crippen LogP contribution in [-0.4, -0.2) is 11.9 Å². The summed E-state index contributed by atoms with van der Waals surface area (Å²) >= 11 is 11.9. The third-order valence-electron chi connectivity index (χ3n) is 5.42. The molecular formula is C27H17Cl2NO4. The molecule has 0 aliphatic carbocycles. The van der Waals surface area contributed by atoms with Gasteiger partial charge in [0.1, 0.15) is 0 Å². The summed E-state index contributed by atoms with van der Waals surface area (Å²) in [6.07, 6.45) is 0. The number of hydrogen-bond acceptors (Lipinski definition) is 5. The van der Waals surface area contributed by atoms with Crippen LogP contribution >= 0.6 is 23.2 Å². The van der Waals surface area contributed by atoms with Gasteiger partial charge in [0.25, 0.3) is 0 Å². The molecule has 1 N–H and O–H groups in total. The van der Waals surface area contributed by atoms with Gasteiger partial charge in [0.2, 0.25) is 0 Å². The molecule has 7 heteroatoms. The molecule has 0 amide bonds. The lowest BCUT2D eigenvalue weighted by molar-refractivity contribution is 0.0682. The van der Waals surface area contributed by atoms with Crippen molar-refractivity contribution in [1.82, 2.24) is 0 Å². The van der Waals surface area contributed by atoms with Crippen molar-refractivity contribution in [2.75, 3.05) is 5.32 Å². The summed E-state index contributed by atoms with van der Waals surface area (Å²) < 4.78 is 11.4. The van der Waals surface area contributed by atoms with Crippen LogP contribution < -0.4 is 14.8 Å². The van der Waals surface area contributed by atoms with E-state index >= 15 is 0 Å². The van der Waals surface area contributed by atoms with Gasteiger partial charge in [-0.1, -0.05) is 41.4 Å². The second-order valence-electron chi connectivity index (χ2n) is 7.65. The van der Waals surface area contributed by atoms with E-state index in [9.17, 15) is 9.59 Å². The molecule has 0 bridgehead atoms. The number of ether oxygens (including phenoxy) is 2. The number of halogens is 2. The predicted octanol–water partition coefficient (Wildman–Crippen LogP) is 7.02. The quantitative estimate of drug-likeness (QED) is 0.246. The minimum absolute atomic E-state index is 0.137. The van der Waals surface area contributed by atoms with E-state index in [1.54, 1.807) is 60.7 Å². The van der Waals surface area contributed by atoms with Crippen LogP contribution in [-0.2, 0) is 6.54 Å². The molecule has 0 fully saturated rings. The standard InChI is InChI=1S/C27H17Cl2NO4/c28-19-9-5-16(6-10-19)26(31)33-24-13-18-15-30-23-4-2-1-3-21(23)22(18)14-25(24)34-27(32)17-7-11-20(29)12-8-17/h1-14,30H,15H2. The Kier molecular flexibility index (Phi) is 5.97. The van der Waals surface area contributed by atoms with Gasteiger partial charge in [-0.3, -0.25) is 0 Å². The normalized spacial score (nSPS) is 11.6. The molecular weight excluding hydrogens is 473 g/mol. The Labute approximate surface area is 205 Å². The first kappa shape index (κ1) is 22.0. The monoisotopic (exact) mass is 489 g/mol. The number of anilines is 1. The second kappa shape index (κ2) is 9.21.